The van der Waals surface area contributed by atoms with Crippen molar-refractivity contribution in [1.82, 2.24) is 9.80 Å². The maximum atomic E-state index is 12.9. The molecule has 3 rings (SSSR count). The Morgan fingerprint density at radius 1 is 1.04 bits per heavy atom. The standard InChI is InChI=1S/C23H36N2O2/c1-19-10-9-12-22(20(19)2)27-18-23(26)25-16-8-5-11-21(25)13-17-24-14-6-3-4-7-15-24/h9-10,12,21H,3-8,11,13-18H2,1-2H3/t21-/m1/s1. The summed E-state index contributed by atoms with van der Waals surface area (Å²) in [5.74, 6) is 0.984. The van der Waals surface area contributed by atoms with Crippen LogP contribution in [-0.2, 0) is 4.79 Å². The molecule has 0 bridgehead atoms. The van der Waals surface area contributed by atoms with Crippen molar-refractivity contribution in [3.8, 4) is 5.75 Å². The van der Waals surface area contributed by atoms with Crippen LogP contribution < -0.4 is 4.74 Å². The number of ether oxygens (including phenoxy) is 1. The highest BCUT2D eigenvalue weighted by Gasteiger charge is 2.27. The Kier molecular flexibility index (Phi) is 7.57. The SMILES string of the molecule is Cc1cccc(OCC(=O)N2CCCC[C@@H]2CCN2CCCCCC2)c1C. The average molecular weight is 373 g/mol. The minimum Gasteiger partial charge on any atom is -0.483 e. The lowest BCUT2D eigenvalue weighted by Crippen LogP contribution is -2.47. The van der Waals surface area contributed by atoms with Crippen molar-refractivity contribution in [1.29, 1.82) is 0 Å². The van der Waals surface area contributed by atoms with E-state index in [4.69, 9.17) is 4.74 Å². The second kappa shape index (κ2) is 10.1. The highest BCUT2D eigenvalue weighted by atomic mass is 16.5. The molecule has 150 valence electrons. The van der Waals surface area contributed by atoms with Crippen molar-refractivity contribution in [3.05, 3.63) is 29.3 Å². The molecule has 2 aliphatic rings. The molecule has 0 aromatic heterocycles. The molecule has 0 radical (unpaired) electrons. The molecule has 4 nitrogen and oxygen atoms in total. The number of carbonyl (C=O) groups is 1. The summed E-state index contributed by atoms with van der Waals surface area (Å²) in [7, 11) is 0. The third-order valence-electron chi connectivity index (χ3n) is 6.33. The number of amides is 1. The van der Waals surface area contributed by atoms with Crippen LogP contribution in [0.4, 0.5) is 0 Å². The molecule has 0 saturated carbocycles. The molecule has 0 spiro atoms. The molecule has 2 heterocycles. The minimum absolute atomic E-state index is 0.150. The first-order valence-corrected chi connectivity index (χ1v) is 10.9. The van der Waals surface area contributed by atoms with E-state index >= 15 is 0 Å². The normalized spacial score (nSPS) is 21.7. The van der Waals surface area contributed by atoms with Gasteiger partial charge >= 0.3 is 0 Å². The van der Waals surface area contributed by atoms with Gasteiger partial charge in [-0.2, -0.15) is 0 Å². The van der Waals surface area contributed by atoms with Crippen LogP contribution in [0.15, 0.2) is 18.2 Å². The first kappa shape index (κ1) is 20.2. The maximum Gasteiger partial charge on any atom is 0.260 e. The molecular weight excluding hydrogens is 336 g/mol. The van der Waals surface area contributed by atoms with Gasteiger partial charge in [-0.3, -0.25) is 4.79 Å². The van der Waals surface area contributed by atoms with Gasteiger partial charge in [-0.25, -0.2) is 0 Å². The fraction of sp³-hybridized carbons (Fsp3) is 0.696. The van der Waals surface area contributed by atoms with Gasteiger partial charge in [0, 0.05) is 19.1 Å². The second-order valence-electron chi connectivity index (χ2n) is 8.27. The van der Waals surface area contributed by atoms with Gasteiger partial charge in [0.05, 0.1) is 0 Å². The Morgan fingerprint density at radius 2 is 1.78 bits per heavy atom. The fourth-order valence-electron chi connectivity index (χ4n) is 4.42. The zero-order valence-electron chi connectivity index (χ0n) is 17.2. The van der Waals surface area contributed by atoms with E-state index < -0.39 is 0 Å². The van der Waals surface area contributed by atoms with Gasteiger partial charge in [0.1, 0.15) is 5.75 Å². The molecule has 4 heteroatoms. The molecule has 0 unspecified atom stereocenters. The Bertz CT molecular complexity index is 608. The van der Waals surface area contributed by atoms with E-state index in [2.05, 4.69) is 29.7 Å². The van der Waals surface area contributed by atoms with E-state index in [0.717, 1.165) is 43.7 Å². The summed E-state index contributed by atoms with van der Waals surface area (Å²) in [4.78, 5) is 17.6. The summed E-state index contributed by atoms with van der Waals surface area (Å²) in [5, 5.41) is 0. The smallest absolute Gasteiger partial charge is 0.260 e. The van der Waals surface area contributed by atoms with Crippen molar-refractivity contribution in [2.75, 3.05) is 32.8 Å². The fourth-order valence-corrected chi connectivity index (χ4v) is 4.42. The van der Waals surface area contributed by atoms with E-state index in [9.17, 15) is 4.79 Å². The van der Waals surface area contributed by atoms with Crippen molar-refractivity contribution in [2.24, 2.45) is 0 Å². The first-order chi connectivity index (χ1) is 13.1. The molecule has 2 aliphatic heterocycles. The van der Waals surface area contributed by atoms with Crippen molar-refractivity contribution >= 4 is 5.91 Å². The maximum absolute atomic E-state index is 12.9. The Labute approximate surface area is 164 Å². The highest BCUT2D eigenvalue weighted by Crippen LogP contribution is 2.23. The van der Waals surface area contributed by atoms with Crippen LogP contribution in [0.5, 0.6) is 5.75 Å². The number of hydrogen-bond acceptors (Lipinski definition) is 3. The summed E-state index contributed by atoms with van der Waals surface area (Å²) < 4.78 is 5.89. The predicted octanol–water partition coefficient (Wildman–Crippen LogP) is 4.33. The third-order valence-corrected chi connectivity index (χ3v) is 6.33. The third kappa shape index (κ3) is 5.71. The number of carbonyl (C=O) groups excluding carboxylic acids is 1. The molecule has 2 saturated heterocycles. The molecular formula is C23H36N2O2. The van der Waals surface area contributed by atoms with Gasteiger partial charge in [-0.1, -0.05) is 25.0 Å². The van der Waals surface area contributed by atoms with Crippen LogP contribution in [0.1, 0.15) is 62.5 Å². The topological polar surface area (TPSA) is 32.8 Å². The highest BCUT2D eigenvalue weighted by molar-refractivity contribution is 5.78. The van der Waals surface area contributed by atoms with Crippen LogP contribution in [0.25, 0.3) is 0 Å². The zero-order chi connectivity index (χ0) is 19.1. The molecule has 0 aliphatic carbocycles. The van der Waals surface area contributed by atoms with Crippen molar-refractivity contribution < 1.29 is 9.53 Å². The van der Waals surface area contributed by atoms with E-state index in [1.54, 1.807) is 0 Å². The van der Waals surface area contributed by atoms with E-state index in [1.807, 2.05) is 12.1 Å². The Hall–Kier alpha value is -1.55. The van der Waals surface area contributed by atoms with Crippen LogP contribution in [0.2, 0.25) is 0 Å². The van der Waals surface area contributed by atoms with Crippen LogP contribution >= 0.6 is 0 Å². The molecule has 0 N–H and O–H groups in total. The lowest BCUT2D eigenvalue weighted by atomic mass is 9.99. The van der Waals surface area contributed by atoms with Gasteiger partial charge in [-0.15, -0.1) is 0 Å². The van der Waals surface area contributed by atoms with E-state index in [1.165, 1.54) is 50.8 Å². The molecule has 1 aromatic carbocycles. The second-order valence-corrected chi connectivity index (χ2v) is 8.27. The number of likely N-dealkylation sites (tertiary alicyclic amines) is 2. The number of nitrogens with zero attached hydrogens (tertiary/aromatic N) is 2. The van der Waals surface area contributed by atoms with Gasteiger partial charge in [0.15, 0.2) is 6.61 Å². The molecule has 2 fully saturated rings. The zero-order valence-corrected chi connectivity index (χ0v) is 17.2. The lowest BCUT2D eigenvalue weighted by Gasteiger charge is -2.37. The Morgan fingerprint density at radius 3 is 2.56 bits per heavy atom. The predicted molar refractivity (Wildman–Crippen MR) is 110 cm³/mol. The first-order valence-electron chi connectivity index (χ1n) is 10.9. The van der Waals surface area contributed by atoms with Gasteiger partial charge < -0.3 is 14.5 Å². The quantitative estimate of drug-likeness (QED) is 0.745. The number of benzene rings is 1. The number of aryl methyl sites for hydroxylation is 1. The molecule has 27 heavy (non-hydrogen) atoms. The van der Waals surface area contributed by atoms with Crippen molar-refractivity contribution in [3.63, 3.8) is 0 Å². The van der Waals surface area contributed by atoms with Crippen LogP contribution in [-0.4, -0.2) is 54.5 Å². The summed E-state index contributed by atoms with van der Waals surface area (Å²) in [6, 6.07) is 6.42. The van der Waals surface area contributed by atoms with Crippen molar-refractivity contribution in [2.45, 2.75) is 71.3 Å². The summed E-state index contributed by atoms with van der Waals surface area (Å²) in [5.41, 5.74) is 2.33. The van der Waals surface area contributed by atoms with E-state index in [0.29, 0.717) is 6.04 Å². The largest absolute Gasteiger partial charge is 0.483 e. The molecule has 1 amide bonds. The van der Waals surface area contributed by atoms with Gasteiger partial charge in [0.25, 0.3) is 5.91 Å². The average Bonchev–Trinajstić information content (AvgIpc) is 2.96. The summed E-state index contributed by atoms with van der Waals surface area (Å²) in [6.07, 6.45) is 10.0. The monoisotopic (exact) mass is 372 g/mol. The molecule has 1 aromatic rings. The summed E-state index contributed by atoms with van der Waals surface area (Å²) in [6.45, 7) is 8.77. The number of piperidine rings is 1. The number of hydrogen-bond donors (Lipinski definition) is 0. The van der Waals surface area contributed by atoms with Crippen LogP contribution in [0, 0.1) is 13.8 Å². The molecule has 1 atom stereocenters. The lowest BCUT2D eigenvalue weighted by molar-refractivity contribution is -0.137. The van der Waals surface area contributed by atoms with Crippen LogP contribution in [0.3, 0.4) is 0 Å². The summed E-state index contributed by atoms with van der Waals surface area (Å²) >= 11 is 0. The van der Waals surface area contributed by atoms with E-state index in [-0.39, 0.29) is 12.5 Å². The Balaban J connectivity index is 1.52. The van der Waals surface area contributed by atoms with Gasteiger partial charge in [-0.05, 0) is 82.7 Å². The minimum atomic E-state index is 0.150. The number of rotatable bonds is 6. The van der Waals surface area contributed by atoms with Gasteiger partial charge in [0.2, 0.25) is 0 Å².